The molecule has 0 aromatic carbocycles. The van der Waals surface area contributed by atoms with Gasteiger partial charge >= 0.3 is 0 Å². The first-order chi connectivity index (χ1) is 9.11. The Kier molecular flexibility index (Phi) is 4.24. The zero-order valence-corrected chi connectivity index (χ0v) is 11.4. The first kappa shape index (κ1) is 13.6. The quantitative estimate of drug-likeness (QED) is 0.878. The molecular weight excluding hydrogens is 244 g/mol. The largest absolute Gasteiger partial charge is 0.464 e. The third-order valence-corrected chi connectivity index (χ3v) is 3.30. The first-order valence-corrected chi connectivity index (χ1v) is 6.74. The average Bonchev–Trinajstić information content (AvgIpc) is 2.95. The second-order valence-electron chi connectivity index (χ2n) is 4.88. The second-order valence-corrected chi connectivity index (χ2v) is 4.88. The van der Waals surface area contributed by atoms with Gasteiger partial charge in [-0.2, -0.15) is 0 Å². The Morgan fingerprint density at radius 3 is 2.95 bits per heavy atom. The zero-order valence-electron chi connectivity index (χ0n) is 11.4. The summed E-state index contributed by atoms with van der Waals surface area (Å²) in [6, 6.07) is 3.36. The van der Waals surface area contributed by atoms with Crippen LogP contribution in [0.3, 0.4) is 0 Å². The minimum atomic E-state index is -0.357. The summed E-state index contributed by atoms with van der Waals surface area (Å²) in [5.41, 5.74) is 0. The Bertz CT molecular complexity index is 467. The van der Waals surface area contributed by atoms with Crippen LogP contribution in [0.1, 0.15) is 37.7 Å². The third kappa shape index (κ3) is 3.16. The minimum Gasteiger partial charge on any atom is -0.464 e. The number of nitrogens with one attached hydrogen (secondary N) is 1. The first-order valence-electron chi connectivity index (χ1n) is 6.74. The summed E-state index contributed by atoms with van der Waals surface area (Å²) in [5.74, 6) is 1.50. The molecule has 2 heterocycles. The number of carbonyl (C=O) groups is 2. The summed E-state index contributed by atoms with van der Waals surface area (Å²) in [6.07, 6.45) is 1.92. The molecule has 1 saturated heterocycles. The Balaban J connectivity index is 2.03. The molecule has 1 aromatic rings. The predicted molar refractivity (Wildman–Crippen MR) is 70.3 cm³/mol. The lowest BCUT2D eigenvalue weighted by atomic mass is 10.2. The molecule has 0 aliphatic carbocycles. The lowest BCUT2D eigenvalue weighted by Gasteiger charge is -2.23. The van der Waals surface area contributed by atoms with E-state index in [0.717, 1.165) is 17.9 Å². The molecule has 1 unspecified atom stereocenters. The van der Waals surface area contributed by atoms with Crippen molar-refractivity contribution in [3.63, 3.8) is 0 Å². The molecule has 1 atom stereocenters. The van der Waals surface area contributed by atoms with Crippen molar-refractivity contribution in [1.82, 2.24) is 10.2 Å². The number of amides is 2. The molecule has 1 N–H and O–H groups in total. The van der Waals surface area contributed by atoms with Gasteiger partial charge in [0.15, 0.2) is 0 Å². The van der Waals surface area contributed by atoms with E-state index >= 15 is 0 Å². The number of hydrogen-bond acceptors (Lipinski definition) is 3. The normalized spacial score (nSPS) is 18.9. The van der Waals surface area contributed by atoms with Gasteiger partial charge in [-0.3, -0.25) is 9.59 Å². The maximum atomic E-state index is 12.0. The van der Waals surface area contributed by atoms with Crippen LogP contribution in [-0.4, -0.2) is 29.3 Å². The van der Waals surface area contributed by atoms with Gasteiger partial charge in [-0.15, -0.1) is 0 Å². The van der Waals surface area contributed by atoms with Crippen molar-refractivity contribution in [3.05, 3.63) is 23.7 Å². The van der Waals surface area contributed by atoms with Gasteiger partial charge in [-0.25, -0.2) is 0 Å². The van der Waals surface area contributed by atoms with E-state index in [4.69, 9.17) is 4.42 Å². The van der Waals surface area contributed by atoms with Crippen molar-refractivity contribution in [2.45, 2.75) is 45.7 Å². The van der Waals surface area contributed by atoms with Crippen molar-refractivity contribution in [1.29, 1.82) is 0 Å². The standard InChI is InChI=1S/C14H20N2O3/c1-3-8-15-14(18)12-6-7-13(17)16(12)9-11-5-4-10(2)19-11/h4-5,12H,3,6-9H2,1-2H3,(H,15,18). The lowest BCUT2D eigenvalue weighted by Crippen LogP contribution is -2.44. The molecule has 1 aliphatic rings. The Labute approximate surface area is 113 Å². The Hall–Kier alpha value is -1.78. The van der Waals surface area contributed by atoms with Crippen LogP contribution in [0.4, 0.5) is 0 Å². The van der Waals surface area contributed by atoms with Crippen LogP contribution in [-0.2, 0) is 16.1 Å². The molecule has 104 valence electrons. The molecule has 2 rings (SSSR count). The van der Waals surface area contributed by atoms with Gasteiger partial charge in [0.2, 0.25) is 11.8 Å². The molecule has 1 fully saturated rings. The van der Waals surface area contributed by atoms with E-state index in [1.54, 1.807) is 4.90 Å². The highest BCUT2D eigenvalue weighted by Gasteiger charge is 2.36. The number of nitrogens with zero attached hydrogens (tertiary/aromatic N) is 1. The van der Waals surface area contributed by atoms with Crippen molar-refractivity contribution >= 4 is 11.8 Å². The van der Waals surface area contributed by atoms with Crippen LogP contribution >= 0.6 is 0 Å². The highest BCUT2D eigenvalue weighted by Crippen LogP contribution is 2.22. The smallest absolute Gasteiger partial charge is 0.242 e. The molecule has 19 heavy (non-hydrogen) atoms. The molecule has 5 nitrogen and oxygen atoms in total. The van der Waals surface area contributed by atoms with E-state index in [0.29, 0.717) is 25.9 Å². The maximum Gasteiger partial charge on any atom is 0.242 e. The molecule has 0 saturated carbocycles. The molecule has 0 radical (unpaired) electrons. The molecular formula is C14H20N2O3. The molecule has 1 aliphatic heterocycles. The molecule has 1 aromatic heterocycles. The predicted octanol–water partition coefficient (Wildman–Crippen LogP) is 1.61. The Morgan fingerprint density at radius 2 is 2.32 bits per heavy atom. The van der Waals surface area contributed by atoms with Gasteiger partial charge in [-0.1, -0.05) is 6.92 Å². The summed E-state index contributed by atoms with van der Waals surface area (Å²) >= 11 is 0. The van der Waals surface area contributed by atoms with Crippen LogP contribution in [0, 0.1) is 6.92 Å². The van der Waals surface area contributed by atoms with Crippen LogP contribution in [0.15, 0.2) is 16.5 Å². The number of likely N-dealkylation sites (tertiary alicyclic amines) is 1. The number of hydrogen-bond donors (Lipinski definition) is 1. The monoisotopic (exact) mass is 264 g/mol. The van der Waals surface area contributed by atoms with E-state index in [1.165, 1.54) is 0 Å². The van der Waals surface area contributed by atoms with Crippen molar-refractivity contribution in [2.24, 2.45) is 0 Å². The van der Waals surface area contributed by atoms with E-state index in [-0.39, 0.29) is 17.9 Å². The lowest BCUT2D eigenvalue weighted by molar-refractivity contribution is -0.136. The summed E-state index contributed by atoms with van der Waals surface area (Å²) in [7, 11) is 0. The zero-order chi connectivity index (χ0) is 13.8. The van der Waals surface area contributed by atoms with E-state index in [1.807, 2.05) is 26.0 Å². The van der Waals surface area contributed by atoms with Gasteiger partial charge in [0.25, 0.3) is 0 Å². The number of rotatable bonds is 5. The SMILES string of the molecule is CCCNC(=O)C1CCC(=O)N1Cc1ccc(C)o1. The number of aryl methyl sites for hydroxylation is 1. The maximum absolute atomic E-state index is 12.0. The summed E-state index contributed by atoms with van der Waals surface area (Å²) < 4.78 is 5.48. The fraction of sp³-hybridized carbons (Fsp3) is 0.571. The highest BCUT2D eigenvalue weighted by molar-refractivity contribution is 5.90. The molecule has 2 amide bonds. The van der Waals surface area contributed by atoms with Gasteiger partial charge in [0, 0.05) is 13.0 Å². The molecule has 0 spiro atoms. The van der Waals surface area contributed by atoms with Crippen molar-refractivity contribution in [2.75, 3.05) is 6.54 Å². The second kappa shape index (κ2) is 5.91. The van der Waals surface area contributed by atoms with Gasteiger partial charge in [0.05, 0.1) is 6.54 Å². The van der Waals surface area contributed by atoms with Crippen LogP contribution in [0.25, 0.3) is 0 Å². The van der Waals surface area contributed by atoms with Gasteiger partial charge in [-0.05, 0) is 31.9 Å². The van der Waals surface area contributed by atoms with Gasteiger partial charge < -0.3 is 14.6 Å². The van der Waals surface area contributed by atoms with Crippen LogP contribution in [0.5, 0.6) is 0 Å². The van der Waals surface area contributed by atoms with E-state index in [9.17, 15) is 9.59 Å². The Morgan fingerprint density at radius 1 is 1.53 bits per heavy atom. The molecule has 5 heteroatoms. The van der Waals surface area contributed by atoms with Crippen LogP contribution < -0.4 is 5.32 Å². The van der Waals surface area contributed by atoms with Crippen LogP contribution in [0.2, 0.25) is 0 Å². The topological polar surface area (TPSA) is 62.6 Å². The van der Waals surface area contributed by atoms with Gasteiger partial charge in [0.1, 0.15) is 17.6 Å². The summed E-state index contributed by atoms with van der Waals surface area (Å²) in [6.45, 7) is 4.89. The fourth-order valence-electron chi connectivity index (χ4n) is 2.31. The average molecular weight is 264 g/mol. The molecule has 0 bridgehead atoms. The number of carbonyl (C=O) groups excluding carboxylic acids is 2. The number of furan rings is 1. The van der Waals surface area contributed by atoms with E-state index < -0.39 is 0 Å². The van der Waals surface area contributed by atoms with E-state index in [2.05, 4.69) is 5.32 Å². The summed E-state index contributed by atoms with van der Waals surface area (Å²) in [5, 5.41) is 2.85. The highest BCUT2D eigenvalue weighted by atomic mass is 16.3. The fourth-order valence-corrected chi connectivity index (χ4v) is 2.31. The van der Waals surface area contributed by atoms with Crippen molar-refractivity contribution < 1.29 is 14.0 Å². The summed E-state index contributed by atoms with van der Waals surface area (Å²) in [4.78, 5) is 25.5. The van der Waals surface area contributed by atoms with Crippen molar-refractivity contribution in [3.8, 4) is 0 Å². The minimum absolute atomic E-state index is 0.0192. The third-order valence-electron chi connectivity index (χ3n) is 3.30.